The van der Waals surface area contributed by atoms with Gasteiger partial charge in [0, 0.05) is 16.9 Å². The number of carbonyl (C=O) groups excluding carboxylic acids is 2. The number of aliphatic carboxylic acids is 1. The van der Waals surface area contributed by atoms with Crippen LogP contribution in [-0.2, 0) is 19.2 Å². The first kappa shape index (κ1) is 25.6. The van der Waals surface area contributed by atoms with E-state index in [1.54, 1.807) is 0 Å². The second-order valence-corrected chi connectivity index (χ2v) is 10.5. The number of carbonyl (C=O) groups is 3. The molecule has 3 aliphatic rings. The summed E-state index contributed by atoms with van der Waals surface area (Å²) in [5, 5.41) is 19.0. The number of carboxylic acids is 1. The Morgan fingerprint density at radius 1 is 1.39 bits per heavy atom. The largest absolute Gasteiger partial charge is 0.477 e. The number of nitrogens with two attached hydrogens (primary N) is 4. The number of carboxylic acid groups (broad SMARTS) is 1. The first-order valence-electron chi connectivity index (χ1n) is 10.1. The highest BCUT2D eigenvalue weighted by molar-refractivity contribution is 8.14. The molecular weight excluding hydrogens is 532 g/mol. The van der Waals surface area contributed by atoms with Crippen LogP contribution >= 0.6 is 34.9 Å². The van der Waals surface area contributed by atoms with Gasteiger partial charge in [0.25, 0.3) is 11.8 Å². The maximum atomic E-state index is 13.0. The number of thioether (sulfide) groups is 2. The van der Waals surface area contributed by atoms with Gasteiger partial charge >= 0.3 is 5.97 Å². The van der Waals surface area contributed by atoms with Crippen molar-refractivity contribution in [3.8, 4) is 0 Å². The second-order valence-electron chi connectivity index (χ2n) is 7.53. The van der Waals surface area contributed by atoms with Crippen molar-refractivity contribution in [3.63, 3.8) is 0 Å². The number of aliphatic imine (C=N–C) groups is 1. The molecule has 0 aromatic carbocycles. The zero-order chi connectivity index (χ0) is 26.1. The number of amides is 2. The number of nitrogen functional groups attached to an aromatic ring is 1. The molecule has 192 valence electrons. The first-order chi connectivity index (χ1) is 17.1. The normalized spacial score (nSPS) is 22.2. The lowest BCUT2D eigenvalue weighted by atomic mass is 10.0. The molecule has 4 rings (SSSR count). The third-order valence-electron chi connectivity index (χ3n) is 5.21. The number of aromatic nitrogens is 1. The van der Waals surface area contributed by atoms with E-state index in [-0.39, 0.29) is 40.4 Å². The summed E-state index contributed by atoms with van der Waals surface area (Å²) >= 11 is 3.62. The minimum atomic E-state index is -1.26. The van der Waals surface area contributed by atoms with Gasteiger partial charge in [-0.05, 0) is 5.57 Å². The number of hydrogen-bond donors (Lipinski definition) is 6. The van der Waals surface area contributed by atoms with Crippen LogP contribution in [0.15, 0.2) is 38.3 Å². The summed E-state index contributed by atoms with van der Waals surface area (Å²) in [7, 11) is 1.27. The quantitative estimate of drug-likeness (QED) is 0.0942. The Hall–Kier alpha value is -3.48. The Morgan fingerprint density at radius 2 is 2.14 bits per heavy atom. The average Bonchev–Trinajstić information content (AvgIpc) is 3.27. The lowest BCUT2D eigenvalue weighted by Crippen LogP contribution is -2.71. The number of fused-ring (bicyclic) bond motifs is 1. The number of thiazole rings is 1. The molecule has 1 aromatic rings. The lowest BCUT2D eigenvalue weighted by Gasteiger charge is -2.49. The summed E-state index contributed by atoms with van der Waals surface area (Å²) in [5.74, 6) is 4.06. The van der Waals surface area contributed by atoms with Gasteiger partial charge in [-0.2, -0.15) is 0 Å². The van der Waals surface area contributed by atoms with Crippen molar-refractivity contribution in [2.75, 3.05) is 30.9 Å². The molecule has 18 heteroatoms. The van der Waals surface area contributed by atoms with Crippen LogP contribution < -0.4 is 28.4 Å². The van der Waals surface area contributed by atoms with Crippen molar-refractivity contribution in [2.45, 2.75) is 11.4 Å². The van der Waals surface area contributed by atoms with E-state index in [0.29, 0.717) is 22.2 Å². The Kier molecular flexibility index (Phi) is 7.29. The first-order valence-corrected chi connectivity index (χ1v) is 13.0. The zero-order valence-electron chi connectivity index (χ0n) is 18.7. The van der Waals surface area contributed by atoms with Crippen LogP contribution in [0.4, 0.5) is 5.13 Å². The molecule has 0 spiro atoms. The van der Waals surface area contributed by atoms with Crippen LogP contribution in [0.1, 0.15) is 5.69 Å². The molecule has 15 nitrogen and oxygen atoms in total. The fraction of sp³-hybridized carbons (Fsp3) is 0.333. The van der Waals surface area contributed by atoms with E-state index in [9.17, 15) is 19.5 Å². The van der Waals surface area contributed by atoms with Crippen molar-refractivity contribution < 1.29 is 24.3 Å². The van der Waals surface area contributed by atoms with Crippen LogP contribution in [0.3, 0.4) is 0 Å². The molecule has 2 amide bonds. The molecule has 0 radical (unpaired) electrons. The number of oxime groups is 1. The number of anilines is 1. The Morgan fingerprint density at radius 3 is 2.78 bits per heavy atom. The summed E-state index contributed by atoms with van der Waals surface area (Å²) in [6, 6.07) is -0.959. The molecule has 10 N–H and O–H groups in total. The van der Waals surface area contributed by atoms with E-state index in [1.165, 1.54) is 45.9 Å². The van der Waals surface area contributed by atoms with Crippen molar-refractivity contribution in [2.24, 2.45) is 27.5 Å². The third-order valence-corrected chi connectivity index (χ3v) is 8.30. The maximum Gasteiger partial charge on any atom is 0.352 e. The summed E-state index contributed by atoms with van der Waals surface area (Å²) in [4.78, 5) is 52.0. The zero-order valence-corrected chi connectivity index (χ0v) is 21.2. The minimum Gasteiger partial charge on any atom is -0.477 e. The molecule has 1 saturated heterocycles. The van der Waals surface area contributed by atoms with Crippen LogP contribution in [0.25, 0.3) is 0 Å². The van der Waals surface area contributed by atoms with Crippen molar-refractivity contribution in [1.82, 2.24) is 20.2 Å². The molecule has 36 heavy (non-hydrogen) atoms. The molecule has 1 fully saturated rings. The highest BCUT2D eigenvalue weighted by atomic mass is 32.2. The minimum absolute atomic E-state index is 0.136. The summed E-state index contributed by atoms with van der Waals surface area (Å²) in [5.41, 5.74) is 17.9. The van der Waals surface area contributed by atoms with Gasteiger partial charge in [0.15, 0.2) is 16.0 Å². The molecular formula is C18H22N10O5S3. The lowest BCUT2D eigenvalue weighted by molar-refractivity contribution is -0.150. The number of rotatable bonds is 7. The molecule has 1 unspecified atom stereocenters. The fourth-order valence-corrected chi connectivity index (χ4v) is 6.49. The van der Waals surface area contributed by atoms with Gasteiger partial charge in [0.1, 0.15) is 35.7 Å². The smallest absolute Gasteiger partial charge is 0.352 e. The van der Waals surface area contributed by atoms with E-state index in [1.807, 2.05) is 0 Å². The van der Waals surface area contributed by atoms with E-state index in [2.05, 4.69) is 20.4 Å². The van der Waals surface area contributed by atoms with Crippen molar-refractivity contribution in [1.29, 1.82) is 0 Å². The highest BCUT2D eigenvalue weighted by Crippen LogP contribution is 2.41. The van der Waals surface area contributed by atoms with Crippen LogP contribution in [0, 0.1) is 0 Å². The summed E-state index contributed by atoms with van der Waals surface area (Å²) in [6.45, 7) is 0.188. The van der Waals surface area contributed by atoms with Gasteiger partial charge in [-0.25, -0.2) is 20.6 Å². The van der Waals surface area contributed by atoms with E-state index in [0.717, 1.165) is 11.3 Å². The summed E-state index contributed by atoms with van der Waals surface area (Å²) < 4.78 is 0. The number of amidine groups is 1. The van der Waals surface area contributed by atoms with Gasteiger partial charge in [-0.3, -0.25) is 19.5 Å². The molecule has 1 aromatic heterocycles. The van der Waals surface area contributed by atoms with Crippen LogP contribution in [0.5, 0.6) is 0 Å². The Bertz CT molecular complexity index is 1240. The molecule has 0 bridgehead atoms. The number of hydrogen-bond acceptors (Lipinski definition) is 15. The van der Waals surface area contributed by atoms with Gasteiger partial charge in [-0.15, -0.1) is 23.1 Å². The number of nitrogens with one attached hydrogen (secondary N) is 1. The second kappa shape index (κ2) is 10.2. The van der Waals surface area contributed by atoms with Crippen molar-refractivity contribution >= 4 is 68.7 Å². The molecule has 2 atom stereocenters. The third kappa shape index (κ3) is 4.79. The monoisotopic (exact) mass is 554 g/mol. The molecule has 0 aliphatic carbocycles. The number of hydrazine groups is 1. The maximum absolute atomic E-state index is 13.0. The predicted octanol–water partition coefficient (Wildman–Crippen LogP) is -1.82. The van der Waals surface area contributed by atoms with Crippen molar-refractivity contribution in [3.05, 3.63) is 33.9 Å². The van der Waals surface area contributed by atoms with Gasteiger partial charge < -0.3 is 32.5 Å². The standard InChI is InChI=1S/C18H22N10O5S3/c1-33-26-9(8-5-35-17(21)23-8)13(29)24-10-14(30)28-11(16(31)32)6(3-34-15(10)28)4-36-18-25-12(20)7(19)2-27(18)22/h5,10,15H,2-4,19-20,22H2,1H3,(H2,21,23)(H,24,29)(H,31,32)/b26-9-/t10?,15-/m0/s1. The Balaban J connectivity index is 1.49. The van der Waals surface area contributed by atoms with E-state index in [4.69, 9.17) is 27.9 Å². The topological polar surface area (TPSA) is 241 Å². The number of nitrogens with zero attached hydrogens (tertiary/aromatic N) is 5. The molecule has 4 heterocycles. The van der Waals surface area contributed by atoms with E-state index < -0.39 is 29.2 Å². The van der Waals surface area contributed by atoms with Crippen LogP contribution in [-0.4, -0.2) is 85.2 Å². The fourth-order valence-electron chi connectivity index (χ4n) is 3.53. The van der Waals surface area contributed by atoms with Gasteiger partial charge in [0.2, 0.25) is 0 Å². The predicted molar refractivity (Wildman–Crippen MR) is 136 cm³/mol. The molecule has 3 aliphatic heterocycles. The average molecular weight is 555 g/mol. The summed E-state index contributed by atoms with van der Waals surface area (Å²) in [6.07, 6.45) is 0. The van der Waals surface area contributed by atoms with E-state index >= 15 is 0 Å². The highest BCUT2D eigenvalue weighted by Gasteiger charge is 2.54. The number of β-lactam (4-membered cyclic amide) rings is 1. The van der Waals surface area contributed by atoms with Crippen LogP contribution in [0.2, 0.25) is 0 Å². The Labute approximate surface area is 216 Å². The van der Waals surface area contributed by atoms with Gasteiger partial charge in [0.05, 0.1) is 12.2 Å². The SMILES string of the molecule is CO/N=C(\C(=O)NC1C(=O)N2C(C(=O)O)=C(CSC3=NC(N)=C(N)CN3N)CS[C@@H]12)c1csc(N)n1. The molecule has 0 saturated carbocycles. The van der Waals surface area contributed by atoms with Gasteiger partial charge in [-0.1, -0.05) is 16.9 Å².